The molecule has 47 heteroatoms. The fourth-order valence-corrected chi connectivity index (χ4v) is 14.1. The number of unbranched alkanes of at least 4 members (excludes halogenated alkanes) is 11. The van der Waals surface area contributed by atoms with E-state index in [4.69, 9.17) is 47.2 Å². The van der Waals surface area contributed by atoms with E-state index >= 15 is 0 Å². The average molecular weight is 1850 g/mol. The molecule has 3 fully saturated rings. The van der Waals surface area contributed by atoms with E-state index in [0.717, 1.165) is 58.5 Å². The molecule has 11 amide bonds. The van der Waals surface area contributed by atoms with Gasteiger partial charge in [0.25, 0.3) is 0 Å². The van der Waals surface area contributed by atoms with Crippen molar-refractivity contribution in [3.8, 4) is 0 Å². The van der Waals surface area contributed by atoms with Crippen LogP contribution in [-0.2, 0) is 109 Å². The molecule has 0 saturated carbocycles. The summed E-state index contributed by atoms with van der Waals surface area (Å²) in [5.41, 5.74) is 0. The van der Waals surface area contributed by atoms with Gasteiger partial charge in [-0.15, -0.1) is 0 Å². The van der Waals surface area contributed by atoms with Crippen LogP contribution in [0.15, 0.2) is 0 Å². The standard InChI is InChI=1S/C80H147N12O34P/c1-52(97)88-67-73(109)70(106)58(48-94)124-78(67)120-44-41-117-38-35-81-30-20-25-62(101)83-32-19-15-23-57(91-66(105)29-28-65(104)86-37-40-119-43-46-122-80-69(90-54(3)99)75(111)72(108)60(50-96)126-80)77(113)92-56(76(112)87-34-16-11-9-7-5-6-8-10-12-24-61(100)82-31-17-13-21-55(47-93)51-123-127(114,115)116-4)22-14-18-33-84-63(102)26-27-64(103)85-36-39-118-42-45-121-79-68(89-53(2)98)74(110)71(107)59(49-95)125-79/h55-60,67-75,78-81,93-96,106-111H,5-51H2,1-4H3,(H,82,100)(H,83,101)(H,84,102)(H,85,103)(H,86,104)(H,87,112)(H,88,97)(H,89,98)(H,90,99)(H,91,105)(H,92,113)(H,114,115)/t55?,56-,57-,58?,59?,60?,67?,68?,69?,70?,71?,72?,73?,74?,75?,78?,79?,80?/m0/s1. The number of phosphoric ester groups is 1. The smallest absolute Gasteiger partial charge is 0.396 e. The van der Waals surface area contributed by atoms with E-state index in [1.165, 1.54) is 20.8 Å². The highest BCUT2D eigenvalue weighted by Gasteiger charge is 2.48. The molecule has 0 aromatic heterocycles. The molecule has 46 nitrogen and oxygen atoms in total. The van der Waals surface area contributed by atoms with Crippen LogP contribution in [0, 0.1) is 5.92 Å². The van der Waals surface area contributed by atoms with Gasteiger partial charge in [0.2, 0.25) is 65.0 Å². The van der Waals surface area contributed by atoms with Gasteiger partial charge in [-0.3, -0.25) is 61.8 Å². The Bertz CT molecular complexity index is 3170. The summed E-state index contributed by atoms with van der Waals surface area (Å²) in [4.78, 5) is 151. The number of aliphatic hydroxyl groups is 10. The highest BCUT2D eigenvalue weighted by atomic mass is 31.2. The molecule has 19 atom stereocenters. The Kier molecular flexibility index (Phi) is 61.8. The Morgan fingerprint density at radius 2 is 0.693 bits per heavy atom. The van der Waals surface area contributed by atoms with Crippen molar-refractivity contribution in [2.24, 2.45) is 5.92 Å². The molecule has 736 valence electrons. The third kappa shape index (κ3) is 50.6. The molecule has 17 unspecified atom stereocenters. The molecular formula is C80H147N12O34P. The zero-order valence-corrected chi connectivity index (χ0v) is 74.8. The maximum absolute atomic E-state index is 14.5. The average Bonchev–Trinajstić information content (AvgIpc) is 0.817. The number of ether oxygens (including phenoxy) is 9. The topological polar surface area (TPSA) is 673 Å². The Morgan fingerprint density at radius 1 is 0.354 bits per heavy atom. The van der Waals surface area contributed by atoms with Crippen LogP contribution in [0.25, 0.3) is 0 Å². The minimum atomic E-state index is -4.14. The van der Waals surface area contributed by atoms with Crippen LogP contribution in [0.3, 0.4) is 0 Å². The Morgan fingerprint density at radius 3 is 1.09 bits per heavy atom. The van der Waals surface area contributed by atoms with Crippen LogP contribution in [0.1, 0.15) is 181 Å². The number of hydrogen-bond donors (Lipinski definition) is 23. The largest absolute Gasteiger partial charge is 0.471 e. The first-order valence-electron chi connectivity index (χ1n) is 44.2. The van der Waals surface area contributed by atoms with Gasteiger partial charge in [0, 0.05) is 125 Å². The van der Waals surface area contributed by atoms with Crippen LogP contribution in [0.5, 0.6) is 0 Å². The molecule has 3 heterocycles. The number of carbonyl (C=O) groups is 11. The highest BCUT2D eigenvalue weighted by Crippen LogP contribution is 2.42. The predicted octanol–water partition coefficient (Wildman–Crippen LogP) is -5.70. The normalized spacial score (nSPS) is 23.4. The molecule has 0 aromatic rings. The third-order valence-corrected chi connectivity index (χ3v) is 21.7. The third-order valence-electron chi connectivity index (χ3n) is 20.7. The van der Waals surface area contributed by atoms with Crippen LogP contribution in [0.4, 0.5) is 0 Å². The van der Waals surface area contributed by atoms with E-state index in [1.807, 2.05) is 0 Å². The second kappa shape index (κ2) is 68.5. The molecule has 3 saturated heterocycles. The highest BCUT2D eigenvalue weighted by molar-refractivity contribution is 7.47. The van der Waals surface area contributed by atoms with Crippen molar-refractivity contribution >= 4 is 72.8 Å². The molecule has 0 radical (unpaired) electrons. The maximum atomic E-state index is 14.5. The quantitative estimate of drug-likeness (QED) is 0.0199. The molecule has 3 aliphatic heterocycles. The minimum Gasteiger partial charge on any atom is -0.396 e. The number of phosphoric acid groups is 1. The van der Waals surface area contributed by atoms with Gasteiger partial charge < -0.3 is 162 Å². The lowest BCUT2D eigenvalue weighted by atomic mass is 9.97. The SMILES string of the molecule is COP(=O)(O)OCC(CO)CCCCNC(=O)CCCCCCCCCCCNC(=O)[C@H](CCCCNC(=O)CCC(=O)NCCOCCOC1OC(CO)C(O)C(O)C1NC(C)=O)NC(=O)[C@H](CCCCNC(=O)CCCNCCOCCOC1OC(CO)C(O)C(O)C1NC(C)=O)NC(=O)CCC(=O)NCCOCCOC1OC(CO)C(O)C(O)C1NC(C)=O. The number of nitrogens with one attached hydrogen (secondary N) is 12. The first-order chi connectivity index (χ1) is 60.9. The van der Waals surface area contributed by atoms with E-state index in [1.54, 1.807) is 0 Å². The van der Waals surface area contributed by atoms with Crippen molar-refractivity contribution in [3.05, 3.63) is 0 Å². The van der Waals surface area contributed by atoms with Crippen LogP contribution in [0.2, 0.25) is 0 Å². The van der Waals surface area contributed by atoms with Crippen molar-refractivity contribution in [2.45, 2.75) is 285 Å². The summed E-state index contributed by atoms with van der Waals surface area (Å²) >= 11 is 0. The summed E-state index contributed by atoms with van der Waals surface area (Å²) in [6.07, 6.45) is -4.79. The van der Waals surface area contributed by atoms with Crippen molar-refractivity contribution < 1.29 is 165 Å². The lowest BCUT2D eigenvalue weighted by Gasteiger charge is -2.42. The van der Waals surface area contributed by atoms with Crippen molar-refractivity contribution in [1.29, 1.82) is 0 Å². The van der Waals surface area contributed by atoms with Gasteiger partial charge in [0.1, 0.15) is 85.1 Å². The van der Waals surface area contributed by atoms with E-state index in [2.05, 4.69) is 68.3 Å². The lowest BCUT2D eigenvalue weighted by Crippen LogP contribution is -2.64. The molecular weight excluding hydrogens is 1700 g/mol. The zero-order valence-electron chi connectivity index (χ0n) is 73.9. The lowest BCUT2D eigenvalue weighted by molar-refractivity contribution is -0.272. The number of carbonyl (C=O) groups excluding carboxylic acids is 11. The molecule has 127 heavy (non-hydrogen) atoms. The van der Waals surface area contributed by atoms with Gasteiger partial charge in [-0.2, -0.15) is 0 Å². The second-order valence-corrected chi connectivity index (χ2v) is 32.8. The predicted molar refractivity (Wildman–Crippen MR) is 450 cm³/mol. The van der Waals surface area contributed by atoms with Gasteiger partial charge in [-0.05, 0) is 77.2 Å². The number of rotatable bonds is 73. The van der Waals surface area contributed by atoms with Gasteiger partial charge in [0.15, 0.2) is 18.9 Å². The monoisotopic (exact) mass is 1850 g/mol. The first kappa shape index (κ1) is 115. The van der Waals surface area contributed by atoms with Gasteiger partial charge in [0.05, 0.1) is 85.9 Å². The molecule has 3 aliphatic rings. The maximum Gasteiger partial charge on any atom is 0.471 e. The van der Waals surface area contributed by atoms with E-state index in [-0.39, 0.29) is 168 Å². The summed E-state index contributed by atoms with van der Waals surface area (Å²) in [5.74, 6) is -5.42. The van der Waals surface area contributed by atoms with Crippen LogP contribution in [-0.4, -0.2) is 377 Å². The van der Waals surface area contributed by atoms with E-state index in [0.29, 0.717) is 83.8 Å². The van der Waals surface area contributed by atoms with E-state index in [9.17, 15) is 113 Å². The Labute approximate surface area is 741 Å². The number of amides is 11. The Hall–Kier alpha value is -6.52. The molecule has 0 bridgehead atoms. The Balaban J connectivity index is 1.58. The number of hydrogen-bond acceptors (Lipinski definition) is 34. The number of aliphatic hydroxyl groups excluding tert-OH is 10. The van der Waals surface area contributed by atoms with Crippen LogP contribution < -0.4 is 63.8 Å². The molecule has 0 spiro atoms. The summed E-state index contributed by atoms with van der Waals surface area (Å²) in [6.45, 7) is 3.70. The summed E-state index contributed by atoms with van der Waals surface area (Å²) in [7, 11) is -3.08. The molecule has 23 N–H and O–H groups in total. The molecule has 3 rings (SSSR count). The van der Waals surface area contributed by atoms with E-state index < -0.39 is 185 Å². The first-order valence-corrected chi connectivity index (χ1v) is 45.7. The van der Waals surface area contributed by atoms with Crippen molar-refractivity contribution in [1.82, 2.24) is 63.8 Å². The van der Waals surface area contributed by atoms with Crippen molar-refractivity contribution in [3.63, 3.8) is 0 Å². The van der Waals surface area contributed by atoms with Crippen molar-refractivity contribution in [2.75, 3.05) is 152 Å². The second-order valence-electron chi connectivity index (χ2n) is 31.2. The fraction of sp³-hybridized carbons (Fsp3) is 0.863. The van der Waals surface area contributed by atoms with Crippen LogP contribution >= 0.6 is 7.82 Å². The fourth-order valence-electron chi connectivity index (χ4n) is 13.6. The summed E-state index contributed by atoms with van der Waals surface area (Å²) in [6, 6.07) is -5.73. The molecule has 0 aliphatic carbocycles. The van der Waals surface area contributed by atoms with Gasteiger partial charge >= 0.3 is 7.82 Å². The van der Waals surface area contributed by atoms with Gasteiger partial charge in [-0.1, -0.05) is 51.4 Å². The molecule has 0 aromatic carbocycles. The zero-order chi connectivity index (χ0) is 93.7. The summed E-state index contributed by atoms with van der Waals surface area (Å²) in [5, 5.41) is 134. The van der Waals surface area contributed by atoms with Gasteiger partial charge in [-0.25, -0.2) is 4.57 Å². The summed E-state index contributed by atoms with van der Waals surface area (Å²) < 4.78 is 71.0. The minimum absolute atomic E-state index is 0.00170.